The van der Waals surface area contributed by atoms with Crippen LogP contribution in [0.25, 0.3) is 0 Å². The second-order valence-corrected chi connectivity index (χ2v) is 4.90. The number of aliphatic carboxylic acids is 1. The van der Waals surface area contributed by atoms with Crippen molar-refractivity contribution in [1.29, 1.82) is 0 Å². The first-order valence-corrected chi connectivity index (χ1v) is 6.84. The van der Waals surface area contributed by atoms with Gasteiger partial charge in [-0.3, -0.25) is 4.79 Å². The van der Waals surface area contributed by atoms with E-state index in [-0.39, 0.29) is 25.0 Å². The number of amides is 2. The van der Waals surface area contributed by atoms with Gasteiger partial charge in [0, 0.05) is 19.7 Å². The zero-order chi connectivity index (χ0) is 15.7. The third-order valence-corrected chi connectivity index (χ3v) is 2.99. The minimum absolute atomic E-state index is 0.0205. The van der Waals surface area contributed by atoms with E-state index in [9.17, 15) is 9.59 Å². The van der Waals surface area contributed by atoms with Crippen molar-refractivity contribution in [3.05, 3.63) is 35.9 Å². The van der Waals surface area contributed by atoms with Crippen molar-refractivity contribution in [2.24, 2.45) is 0 Å². The highest BCUT2D eigenvalue weighted by Crippen LogP contribution is 2.02. The Labute approximate surface area is 124 Å². The molecular weight excluding hydrogens is 272 g/mol. The van der Waals surface area contributed by atoms with Gasteiger partial charge in [0.05, 0.1) is 12.5 Å². The lowest BCUT2D eigenvalue weighted by Crippen LogP contribution is -2.44. The number of urea groups is 1. The normalized spacial score (nSPS) is 13.2. The zero-order valence-electron chi connectivity index (χ0n) is 12.3. The van der Waals surface area contributed by atoms with Crippen LogP contribution in [0.3, 0.4) is 0 Å². The summed E-state index contributed by atoms with van der Waals surface area (Å²) in [5.74, 6) is -0.957. The molecule has 0 spiro atoms. The van der Waals surface area contributed by atoms with Crippen molar-refractivity contribution < 1.29 is 19.4 Å². The highest BCUT2D eigenvalue weighted by Gasteiger charge is 2.14. The SMILES string of the molecule is COC(CNC(=O)NC(C)Cc1ccccc1)CC(=O)O. The Balaban J connectivity index is 2.31. The lowest BCUT2D eigenvalue weighted by molar-refractivity contribution is -0.139. The fourth-order valence-corrected chi connectivity index (χ4v) is 1.93. The number of carboxylic acids is 1. The van der Waals surface area contributed by atoms with Gasteiger partial charge in [-0.15, -0.1) is 0 Å². The molecule has 6 nitrogen and oxygen atoms in total. The van der Waals surface area contributed by atoms with Gasteiger partial charge in [0.25, 0.3) is 0 Å². The van der Waals surface area contributed by atoms with E-state index in [0.29, 0.717) is 0 Å². The number of hydrogen-bond acceptors (Lipinski definition) is 3. The van der Waals surface area contributed by atoms with Gasteiger partial charge in [-0.25, -0.2) is 4.79 Å². The summed E-state index contributed by atoms with van der Waals surface area (Å²) in [6.07, 6.45) is 0.0608. The number of benzene rings is 1. The van der Waals surface area contributed by atoms with Gasteiger partial charge in [0.1, 0.15) is 0 Å². The van der Waals surface area contributed by atoms with E-state index in [0.717, 1.165) is 12.0 Å². The van der Waals surface area contributed by atoms with Gasteiger partial charge < -0.3 is 20.5 Å². The van der Waals surface area contributed by atoms with Crippen molar-refractivity contribution in [3.8, 4) is 0 Å². The van der Waals surface area contributed by atoms with Crippen LogP contribution in [0.5, 0.6) is 0 Å². The van der Waals surface area contributed by atoms with Crippen molar-refractivity contribution >= 4 is 12.0 Å². The van der Waals surface area contributed by atoms with E-state index < -0.39 is 12.1 Å². The van der Waals surface area contributed by atoms with Gasteiger partial charge >= 0.3 is 12.0 Å². The molecule has 0 radical (unpaired) electrons. The molecule has 1 aromatic rings. The number of nitrogens with one attached hydrogen (secondary N) is 2. The first-order chi connectivity index (χ1) is 10.0. The van der Waals surface area contributed by atoms with Gasteiger partial charge in [-0.2, -0.15) is 0 Å². The summed E-state index contributed by atoms with van der Waals surface area (Å²) in [7, 11) is 1.42. The second-order valence-electron chi connectivity index (χ2n) is 4.90. The quantitative estimate of drug-likeness (QED) is 0.676. The minimum atomic E-state index is -0.957. The Bertz CT molecular complexity index is 450. The van der Waals surface area contributed by atoms with Crippen molar-refractivity contribution in [2.45, 2.75) is 31.9 Å². The summed E-state index contributed by atoms with van der Waals surface area (Å²) >= 11 is 0. The summed E-state index contributed by atoms with van der Waals surface area (Å²) < 4.78 is 4.99. The van der Waals surface area contributed by atoms with E-state index in [2.05, 4.69) is 10.6 Å². The number of hydrogen-bond donors (Lipinski definition) is 3. The lowest BCUT2D eigenvalue weighted by atomic mass is 10.1. The summed E-state index contributed by atoms with van der Waals surface area (Å²) in [6.45, 7) is 2.07. The molecule has 2 amide bonds. The molecule has 116 valence electrons. The van der Waals surface area contributed by atoms with Crippen molar-refractivity contribution in [1.82, 2.24) is 10.6 Å². The Morgan fingerprint density at radius 1 is 1.29 bits per heavy atom. The molecule has 0 bridgehead atoms. The van der Waals surface area contributed by atoms with Gasteiger partial charge in [0.2, 0.25) is 0 Å². The third kappa shape index (κ3) is 7.31. The molecule has 2 atom stereocenters. The van der Waals surface area contributed by atoms with Crippen molar-refractivity contribution in [2.75, 3.05) is 13.7 Å². The molecule has 0 aromatic heterocycles. The molecule has 0 heterocycles. The summed E-state index contributed by atoms with van der Waals surface area (Å²) in [6, 6.07) is 9.52. The first-order valence-electron chi connectivity index (χ1n) is 6.84. The van der Waals surface area contributed by atoms with Gasteiger partial charge in [-0.05, 0) is 18.9 Å². The minimum Gasteiger partial charge on any atom is -0.481 e. The predicted molar refractivity (Wildman–Crippen MR) is 79.2 cm³/mol. The molecule has 3 N–H and O–H groups in total. The number of rotatable bonds is 8. The highest BCUT2D eigenvalue weighted by atomic mass is 16.5. The fourth-order valence-electron chi connectivity index (χ4n) is 1.93. The van der Waals surface area contributed by atoms with Crippen LogP contribution in [0.15, 0.2) is 30.3 Å². The maximum Gasteiger partial charge on any atom is 0.315 e. The number of ether oxygens (including phenoxy) is 1. The summed E-state index contributed by atoms with van der Waals surface area (Å²) in [5, 5.41) is 14.1. The molecular formula is C15H22N2O4. The maximum atomic E-state index is 11.7. The third-order valence-electron chi connectivity index (χ3n) is 2.99. The molecule has 0 saturated carbocycles. The Kier molecular flexibility index (Phi) is 7.25. The summed E-state index contributed by atoms with van der Waals surface area (Å²) in [5.41, 5.74) is 1.14. The smallest absolute Gasteiger partial charge is 0.315 e. The number of carbonyl (C=O) groups excluding carboxylic acids is 1. The van der Waals surface area contributed by atoms with Crippen LogP contribution in [0.1, 0.15) is 18.9 Å². The monoisotopic (exact) mass is 294 g/mol. The fraction of sp³-hybridized carbons (Fsp3) is 0.467. The lowest BCUT2D eigenvalue weighted by Gasteiger charge is -2.17. The van der Waals surface area contributed by atoms with Crippen LogP contribution in [-0.2, 0) is 16.0 Å². The van der Waals surface area contributed by atoms with Crippen LogP contribution in [-0.4, -0.2) is 42.9 Å². The topological polar surface area (TPSA) is 87.7 Å². The number of carbonyl (C=O) groups is 2. The van der Waals surface area contributed by atoms with Crippen LogP contribution in [0.4, 0.5) is 4.79 Å². The maximum absolute atomic E-state index is 11.7. The van der Waals surface area contributed by atoms with E-state index in [1.807, 2.05) is 37.3 Å². The highest BCUT2D eigenvalue weighted by molar-refractivity contribution is 5.74. The number of methoxy groups -OCH3 is 1. The van der Waals surface area contributed by atoms with Crippen LogP contribution < -0.4 is 10.6 Å². The molecule has 0 aliphatic carbocycles. The molecule has 2 unspecified atom stereocenters. The second kappa shape index (κ2) is 8.97. The molecule has 1 aromatic carbocycles. The van der Waals surface area contributed by atoms with Gasteiger partial charge in [0.15, 0.2) is 0 Å². The van der Waals surface area contributed by atoms with Crippen LogP contribution >= 0.6 is 0 Å². The average molecular weight is 294 g/mol. The average Bonchev–Trinajstić information content (AvgIpc) is 2.44. The van der Waals surface area contributed by atoms with E-state index in [4.69, 9.17) is 9.84 Å². The van der Waals surface area contributed by atoms with E-state index >= 15 is 0 Å². The Hall–Kier alpha value is -2.08. The Morgan fingerprint density at radius 3 is 2.52 bits per heavy atom. The number of carboxylic acid groups (broad SMARTS) is 1. The standard InChI is InChI=1S/C15H22N2O4/c1-11(8-12-6-4-3-5-7-12)17-15(20)16-10-13(21-2)9-14(18)19/h3-7,11,13H,8-10H2,1-2H3,(H,18,19)(H2,16,17,20). The largest absolute Gasteiger partial charge is 0.481 e. The Morgan fingerprint density at radius 2 is 1.95 bits per heavy atom. The molecule has 0 aliphatic rings. The van der Waals surface area contributed by atoms with Crippen molar-refractivity contribution in [3.63, 3.8) is 0 Å². The zero-order valence-corrected chi connectivity index (χ0v) is 12.3. The summed E-state index contributed by atoms with van der Waals surface area (Å²) in [4.78, 5) is 22.3. The molecule has 1 rings (SSSR count). The molecule has 0 fully saturated rings. The van der Waals surface area contributed by atoms with Crippen LogP contribution in [0, 0.1) is 0 Å². The van der Waals surface area contributed by atoms with Gasteiger partial charge in [-0.1, -0.05) is 30.3 Å². The molecule has 6 heteroatoms. The van der Waals surface area contributed by atoms with E-state index in [1.165, 1.54) is 7.11 Å². The molecule has 0 saturated heterocycles. The molecule has 0 aliphatic heterocycles. The predicted octanol–water partition coefficient (Wildman–Crippen LogP) is 1.41. The van der Waals surface area contributed by atoms with E-state index in [1.54, 1.807) is 0 Å². The van der Waals surface area contributed by atoms with Crippen LogP contribution in [0.2, 0.25) is 0 Å². The molecule has 21 heavy (non-hydrogen) atoms. The first kappa shape index (κ1) is 17.0.